The zero-order valence-corrected chi connectivity index (χ0v) is 12.7. The lowest BCUT2D eigenvalue weighted by Gasteiger charge is -2.09. The van der Waals surface area contributed by atoms with Crippen molar-refractivity contribution >= 4 is 33.5 Å². The summed E-state index contributed by atoms with van der Waals surface area (Å²) >= 11 is 3.48. The molecule has 0 saturated heterocycles. The van der Waals surface area contributed by atoms with Crippen LogP contribution < -0.4 is 10.6 Å². The standard InChI is InChI=1S/C13H12BrN7/c1-15-11-18-12(17-10-5-3-2-4-9(10)14)20-13(19-11)21-7-6-16-8-21/h2-8H,1H3,(H2,15,17,18,19,20). The molecule has 1 aromatic carbocycles. The number of anilines is 3. The Morgan fingerprint density at radius 3 is 2.62 bits per heavy atom. The van der Waals surface area contributed by atoms with E-state index >= 15 is 0 Å². The third-order valence-electron chi connectivity index (χ3n) is 2.70. The molecule has 0 unspecified atom stereocenters. The van der Waals surface area contributed by atoms with Gasteiger partial charge in [-0.1, -0.05) is 12.1 Å². The predicted molar refractivity (Wildman–Crippen MR) is 83.9 cm³/mol. The van der Waals surface area contributed by atoms with Gasteiger partial charge in [0.25, 0.3) is 0 Å². The van der Waals surface area contributed by atoms with Crippen LogP contribution in [0.15, 0.2) is 47.5 Å². The van der Waals surface area contributed by atoms with Gasteiger partial charge < -0.3 is 10.6 Å². The molecule has 3 rings (SSSR count). The predicted octanol–water partition coefficient (Wildman–Crippen LogP) is 2.61. The molecule has 0 spiro atoms. The smallest absolute Gasteiger partial charge is 0.241 e. The Morgan fingerprint density at radius 1 is 1.10 bits per heavy atom. The molecule has 0 fully saturated rings. The van der Waals surface area contributed by atoms with Crippen LogP contribution >= 0.6 is 15.9 Å². The van der Waals surface area contributed by atoms with Gasteiger partial charge in [-0.05, 0) is 28.1 Å². The van der Waals surface area contributed by atoms with E-state index < -0.39 is 0 Å². The van der Waals surface area contributed by atoms with Gasteiger partial charge in [0.2, 0.25) is 17.8 Å². The second kappa shape index (κ2) is 5.88. The van der Waals surface area contributed by atoms with Crippen molar-refractivity contribution in [3.05, 3.63) is 47.5 Å². The van der Waals surface area contributed by atoms with Gasteiger partial charge in [0, 0.05) is 23.9 Å². The summed E-state index contributed by atoms with van der Waals surface area (Å²) in [5, 5.41) is 6.09. The SMILES string of the molecule is CNc1nc(Nc2ccccc2Br)nc(-n2ccnc2)n1. The van der Waals surface area contributed by atoms with Crippen molar-refractivity contribution < 1.29 is 0 Å². The monoisotopic (exact) mass is 345 g/mol. The van der Waals surface area contributed by atoms with E-state index in [1.165, 1.54) is 0 Å². The van der Waals surface area contributed by atoms with E-state index in [-0.39, 0.29) is 0 Å². The van der Waals surface area contributed by atoms with Crippen LogP contribution in [0.2, 0.25) is 0 Å². The van der Waals surface area contributed by atoms with Crippen molar-refractivity contribution in [2.75, 3.05) is 17.7 Å². The van der Waals surface area contributed by atoms with E-state index in [4.69, 9.17) is 0 Å². The van der Waals surface area contributed by atoms with Gasteiger partial charge in [-0.2, -0.15) is 15.0 Å². The summed E-state index contributed by atoms with van der Waals surface area (Å²) in [6, 6.07) is 7.76. The summed E-state index contributed by atoms with van der Waals surface area (Å²) in [6.07, 6.45) is 5.08. The number of nitrogens with one attached hydrogen (secondary N) is 2. The normalized spacial score (nSPS) is 10.4. The fraction of sp³-hybridized carbons (Fsp3) is 0.0769. The molecular formula is C13H12BrN7. The molecule has 8 heteroatoms. The minimum atomic E-state index is 0.449. The summed E-state index contributed by atoms with van der Waals surface area (Å²) in [6.45, 7) is 0. The molecule has 0 saturated carbocycles. The summed E-state index contributed by atoms with van der Waals surface area (Å²) in [7, 11) is 1.76. The highest BCUT2D eigenvalue weighted by Crippen LogP contribution is 2.24. The van der Waals surface area contributed by atoms with Crippen LogP contribution in [0.4, 0.5) is 17.6 Å². The Kier molecular flexibility index (Phi) is 3.78. The first-order valence-corrected chi connectivity index (χ1v) is 6.99. The lowest BCUT2D eigenvalue weighted by molar-refractivity contribution is 0.902. The molecule has 0 amide bonds. The third-order valence-corrected chi connectivity index (χ3v) is 3.39. The van der Waals surface area contributed by atoms with Gasteiger partial charge in [0.15, 0.2) is 0 Å². The van der Waals surface area contributed by atoms with Crippen LogP contribution in [0.1, 0.15) is 0 Å². The zero-order valence-electron chi connectivity index (χ0n) is 11.2. The maximum atomic E-state index is 4.39. The third kappa shape index (κ3) is 3.00. The molecule has 2 heterocycles. The lowest BCUT2D eigenvalue weighted by atomic mass is 10.3. The Bertz CT molecular complexity index is 742. The van der Waals surface area contributed by atoms with Gasteiger partial charge in [-0.15, -0.1) is 0 Å². The van der Waals surface area contributed by atoms with Crippen LogP contribution in [0, 0.1) is 0 Å². The number of rotatable bonds is 4. The maximum Gasteiger partial charge on any atom is 0.241 e. The van der Waals surface area contributed by atoms with E-state index in [1.807, 2.05) is 24.3 Å². The van der Waals surface area contributed by atoms with Crippen molar-refractivity contribution in [1.29, 1.82) is 0 Å². The number of para-hydroxylation sites is 1. The first-order chi connectivity index (χ1) is 10.3. The van der Waals surface area contributed by atoms with Gasteiger partial charge in [0.05, 0.1) is 5.69 Å². The van der Waals surface area contributed by atoms with Crippen molar-refractivity contribution in [2.45, 2.75) is 0 Å². The lowest BCUT2D eigenvalue weighted by Crippen LogP contribution is -2.08. The number of benzene rings is 1. The van der Waals surface area contributed by atoms with Crippen molar-refractivity contribution in [1.82, 2.24) is 24.5 Å². The molecule has 0 bridgehead atoms. The quantitative estimate of drug-likeness (QED) is 0.756. The van der Waals surface area contributed by atoms with Crippen LogP contribution in [-0.2, 0) is 0 Å². The first-order valence-electron chi connectivity index (χ1n) is 6.20. The largest absolute Gasteiger partial charge is 0.357 e. The molecule has 0 atom stereocenters. The highest BCUT2D eigenvalue weighted by Gasteiger charge is 2.08. The summed E-state index contributed by atoms with van der Waals surface area (Å²) in [5.41, 5.74) is 0.877. The van der Waals surface area contributed by atoms with E-state index in [1.54, 1.807) is 30.3 Å². The molecule has 0 aliphatic carbocycles. The highest BCUT2D eigenvalue weighted by atomic mass is 79.9. The Balaban J connectivity index is 1.99. The molecular weight excluding hydrogens is 334 g/mol. The first kappa shape index (κ1) is 13.5. The fourth-order valence-electron chi connectivity index (χ4n) is 1.71. The van der Waals surface area contributed by atoms with Crippen molar-refractivity contribution in [3.8, 4) is 5.95 Å². The Morgan fingerprint density at radius 2 is 1.90 bits per heavy atom. The van der Waals surface area contributed by atoms with E-state index in [0.717, 1.165) is 10.2 Å². The second-order valence-corrected chi connectivity index (χ2v) is 4.96. The molecule has 0 radical (unpaired) electrons. The van der Waals surface area contributed by atoms with E-state index in [9.17, 15) is 0 Å². The highest BCUT2D eigenvalue weighted by molar-refractivity contribution is 9.10. The maximum absolute atomic E-state index is 4.39. The van der Waals surface area contributed by atoms with E-state index in [2.05, 4.69) is 46.5 Å². The van der Waals surface area contributed by atoms with Crippen molar-refractivity contribution in [2.24, 2.45) is 0 Å². The van der Waals surface area contributed by atoms with Gasteiger partial charge in [-0.3, -0.25) is 4.57 Å². The molecule has 21 heavy (non-hydrogen) atoms. The molecule has 0 aliphatic heterocycles. The molecule has 0 aliphatic rings. The van der Waals surface area contributed by atoms with Crippen LogP contribution in [0.25, 0.3) is 5.95 Å². The summed E-state index contributed by atoms with van der Waals surface area (Å²) < 4.78 is 2.65. The topological polar surface area (TPSA) is 80.5 Å². The van der Waals surface area contributed by atoms with Gasteiger partial charge in [0.1, 0.15) is 6.33 Å². The van der Waals surface area contributed by atoms with Gasteiger partial charge >= 0.3 is 0 Å². The summed E-state index contributed by atoms with van der Waals surface area (Å²) in [4.78, 5) is 17.0. The van der Waals surface area contributed by atoms with E-state index in [0.29, 0.717) is 17.8 Å². The zero-order chi connectivity index (χ0) is 14.7. The molecule has 3 aromatic rings. The second-order valence-electron chi connectivity index (χ2n) is 4.11. The average Bonchev–Trinajstić information content (AvgIpc) is 3.04. The Hall–Kier alpha value is -2.48. The molecule has 2 aromatic heterocycles. The number of halogens is 1. The summed E-state index contributed by atoms with van der Waals surface area (Å²) in [5.74, 6) is 1.41. The number of aromatic nitrogens is 5. The molecule has 7 nitrogen and oxygen atoms in total. The van der Waals surface area contributed by atoms with Gasteiger partial charge in [-0.25, -0.2) is 4.98 Å². The van der Waals surface area contributed by atoms with Crippen LogP contribution in [-0.4, -0.2) is 31.6 Å². The number of imidazole rings is 1. The fourth-order valence-corrected chi connectivity index (χ4v) is 2.09. The minimum Gasteiger partial charge on any atom is -0.357 e. The number of hydrogen-bond acceptors (Lipinski definition) is 6. The van der Waals surface area contributed by atoms with Crippen LogP contribution in [0.5, 0.6) is 0 Å². The van der Waals surface area contributed by atoms with Crippen LogP contribution in [0.3, 0.4) is 0 Å². The minimum absolute atomic E-state index is 0.449. The Labute approximate surface area is 129 Å². The molecule has 2 N–H and O–H groups in total. The van der Waals surface area contributed by atoms with Crippen molar-refractivity contribution in [3.63, 3.8) is 0 Å². The average molecular weight is 346 g/mol. The number of nitrogens with zero attached hydrogens (tertiary/aromatic N) is 5. The molecule has 106 valence electrons. The number of hydrogen-bond donors (Lipinski definition) is 2.